The number of carbonyl (C=O) groups excluding carboxylic acids is 2. The number of hydrogen-bond acceptors (Lipinski definition) is 2. The topological polar surface area (TPSA) is 46.2 Å². The molecule has 31 heavy (non-hydrogen) atoms. The van der Waals surface area contributed by atoms with E-state index in [-0.39, 0.29) is 22.1 Å². The Bertz CT molecular complexity index is 977. The Morgan fingerprint density at radius 1 is 1.03 bits per heavy atom. The number of hydrogen-bond donors (Lipinski definition) is 1. The van der Waals surface area contributed by atoms with E-state index < -0.39 is 17.5 Å². The smallest absolute Gasteiger partial charge is 0.352 e. The molecule has 3 nitrogen and oxygen atoms in total. The van der Waals surface area contributed by atoms with E-state index >= 15 is 0 Å². The van der Waals surface area contributed by atoms with Crippen LogP contribution in [0.2, 0.25) is 5.02 Å². The Balaban J connectivity index is 2.43. The van der Waals surface area contributed by atoms with Gasteiger partial charge in [0.15, 0.2) is 5.78 Å². The molecule has 0 aliphatic heterocycles. The SMILES string of the molecule is CCCc1cc(C(=O)/C=C(/c2cc(C)cc(Cl)c2)C(F)(F)F)ccc1CNC(=O)CC. The second-order valence-corrected chi connectivity index (χ2v) is 7.74. The number of carbonyl (C=O) groups is 2. The van der Waals surface area contributed by atoms with Gasteiger partial charge in [-0.3, -0.25) is 9.59 Å². The Hall–Kier alpha value is -2.60. The van der Waals surface area contributed by atoms with Crippen molar-refractivity contribution in [3.63, 3.8) is 0 Å². The fourth-order valence-corrected chi connectivity index (χ4v) is 3.50. The molecule has 0 aliphatic carbocycles. The van der Waals surface area contributed by atoms with E-state index in [1.165, 1.54) is 18.2 Å². The van der Waals surface area contributed by atoms with Crippen molar-refractivity contribution in [3.8, 4) is 0 Å². The highest BCUT2D eigenvalue weighted by atomic mass is 35.5. The Labute approximate surface area is 185 Å². The van der Waals surface area contributed by atoms with E-state index in [0.717, 1.165) is 17.5 Å². The zero-order chi connectivity index (χ0) is 23.2. The zero-order valence-electron chi connectivity index (χ0n) is 17.7. The molecule has 0 atom stereocenters. The predicted molar refractivity (Wildman–Crippen MR) is 117 cm³/mol. The molecular weight excluding hydrogens is 427 g/mol. The maximum atomic E-state index is 13.7. The number of amides is 1. The summed E-state index contributed by atoms with van der Waals surface area (Å²) in [6, 6.07) is 8.87. The summed E-state index contributed by atoms with van der Waals surface area (Å²) in [5.74, 6) is -0.844. The van der Waals surface area contributed by atoms with Crippen LogP contribution < -0.4 is 5.32 Å². The summed E-state index contributed by atoms with van der Waals surface area (Å²) in [6.45, 7) is 5.66. The molecule has 0 saturated heterocycles. The number of allylic oxidation sites excluding steroid dienone is 2. The molecule has 0 unspecified atom stereocenters. The van der Waals surface area contributed by atoms with E-state index in [9.17, 15) is 22.8 Å². The van der Waals surface area contributed by atoms with E-state index in [2.05, 4.69) is 5.32 Å². The van der Waals surface area contributed by atoms with Crippen LogP contribution in [0.4, 0.5) is 13.2 Å². The van der Waals surface area contributed by atoms with Crippen LogP contribution in [0.3, 0.4) is 0 Å². The van der Waals surface area contributed by atoms with Gasteiger partial charge in [0.1, 0.15) is 0 Å². The highest BCUT2D eigenvalue weighted by Crippen LogP contribution is 2.35. The number of alkyl halides is 3. The van der Waals surface area contributed by atoms with Crippen molar-refractivity contribution in [3.05, 3.63) is 75.3 Å². The molecule has 0 bridgehead atoms. The molecule has 1 amide bonds. The van der Waals surface area contributed by atoms with Crippen molar-refractivity contribution in [2.75, 3.05) is 0 Å². The first-order chi connectivity index (χ1) is 14.5. The normalized spacial score (nSPS) is 12.0. The third-order valence-electron chi connectivity index (χ3n) is 4.74. The predicted octanol–water partition coefficient (Wildman–Crippen LogP) is 6.46. The second kappa shape index (κ2) is 10.6. The number of aryl methyl sites for hydroxylation is 2. The molecule has 2 aromatic rings. The van der Waals surface area contributed by atoms with Crippen LogP contribution in [0.1, 0.15) is 59.3 Å². The number of halogens is 4. The van der Waals surface area contributed by atoms with Gasteiger partial charge >= 0.3 is 6.18 Å². The number of nitrogens with one attached hydrogen (secondary N) is 1. The van der Waals surface area contributed by atoms with E-state index in [1.54, 1.807) is 32.0 Å². The van der Waals surface area contributed by atoms with Crippen LogP contribution in [0, 0.1) is 6.92 Å². The van der Waals surface area contributed by atoms with Gasteiger partial charge in [-0.05, 0) is 59.9 Å². The molecular formula is C24H25ClF3NO2. The monoisotopic (exact) mass is 451 g/mol. The Morgan fingerprint density at radius 3 is 2.32 bits per heavy atom. The average molecular weight is 452 g/mol. The Kier molecular flexibility index (Phi) is 8.45. The summed E-state index contributed by atoms with van der Waals surface area (Å²) in [4.78, 5) is 24.3. The molecule has 0 spiro atoms. The second-order valence-electron chi connectivity index (χ2n) is 7.30. The van der Waals surface area contributed by atoms with Gasteiger partial charge in [-0.25, -0.2) is 0 Å². The molecule has 7 heteroatoms. The molecule has 0 aliphatic rings. The van der Waals surface area contributed by atoms with Gasteiger partial charge in [0, 0.05) is 23.6 Å². The van der Waals surface area contributed by atoms with Gasteiger partial charge in [0.05, 0.1) is 5.57 Å². The number of ketones is 1. The average Bonchev–Trinajstić information content (AvgIpc) is 2.69. The molecule has 0 fully saturated rings. The fraction of sp³-hybridized carbons (Fsp3) is 0.333. The van der Waals surface area contributed by atoms with Crippen LogP contribution in [0.5, 0.6) is 0 Å². The molecule has 0 saturated carbocycles. The van der Waals surface area contributed by atoms with Gasteiger partial charge in [-0.15, -0.1) is 0 Å². The van der Waals surface area contributed by atoms with E-state index in [0.29, 0.717) is 31.0 Å². The van der Waals surface area contributed by atoms with Crippen LogP contribution >= 0.6 is 11.6 Å². The molecule has 0 heterocycles. The highest BCUT2D eigenvalue weighted by Gasteiger charge is 2.35. The molecule has 1 N–H and O–H groups in total. The van der Waals surface area contributed by atoms with Gasteiger partial charge in [-0.1, -0.05) is 50.1 Å². The molecule has 0 aromatic heterocycles. The van der Waals surface area contributed by atoms with Crippen molar-refractivity contribution in [2.45, 2.75) is 52.8 Å². The van der Waals surface area contributed by atoms with Crippen LogP contribution in [0.25, 0.3) is 5.57 Å². The first-order valence-corrected chi connectivity index (χ1v) is 10.4. The maximum Gasteiger partial charge on any atom is 0.417 e. The lowest BCUT2D eigenvalue weighted by Crippen LogP contribution is -2.22. The summed E-state index contributed by atoms with van der Waals surface area (Å²) in [5, 5.41) is 2.95. The maximum absolute atomic E-state index is 13.7. The largest absolute Gasteiger partial charge is 0.417 e. The molecule has 2 aromatic carbocycles. The zero-order valence-corrected chi connectivity index (χ0v) is 18.5. The lowest BCUT2D eigenvalue weighted by atomic mass is 9.96. The van der Waals surface area contributed by atoms with Crippen LogP contribution in [-0.4, -0.2) is 17.9 Å². The van der Waals surface area contributed by atoms with E-state index in [4.69, 9.17) is 11.6 Å². The Morgan fingerprint density at radius 2 is 1.74 bits per heavy atom. The lowest BCUT2D eigenvalue weighted by molar-refractivity contribution is -0.120. The summed E-state index contributed by atoms with van der Waals surface area (Å²) < 4.78 is 41.1. The minimum atomic E-state index is -4.72. The number of benzene rings is 2. The van der Waals surface area contributed by atoms with Crippen molar-refractivity contribution in [1.82, 2.24) is 5.32 Å². The van der Waals surface area contributed by atoms with Crippen molar-refractivity contribution in [1.29, 1.82) is 0 Å². The third kappa shape index (κ3) is 6.96. The number of rotatable bonds is 8. The summed E-state index contributed by atoms with van der Waals surface area (Å²) in [5.41, 5.74) is 1.19. The van der Waals surface area contributed by atoms with Gasteiger partial charge in [0.25, 0.3) is 0 Å². The minimum absolute atomic E-state index is 0.0998. The molecule has 2 rings (SSSR count). The lowest BCUT2D eigenvalue weighted by Gasteiger charge is -2.14. The van der Waals surface area contributed by atoms with Gasteiger partial charge < -0.3 is 5.32 Å². The molecule has 0 radical (unpaired) electrons. The van der Waals surface area contributed by atoms with Crippen molar-refractivity contribution < 1.29 is 22.8 Å². The quantitative estimate of drug-likeness (QED) is 0.370. The molecule has 166 valence electrons. The van der Waals surface area contributed by atoms with Crippen LogP contribution in [0.15, 0.2) is 42.5 Å². The highest BCUT2D eigenvalue weighted by molar-refractivity contribution is 6.30. The minimum Gasteiger partial charge on any atom is -0.352 e. The first kappa shape index (κ1) is 24.7. The summed E-state index contributed by atoms with van der Waals surface area (Å²) in [6.07, 6.45) is -2.31. The third-order valence-corrected chi connectivity index (χ3v) is 4.96. The van der Waals surface area contributed by atoms with Crippen LogP contribution in [-0.2, 0) is 17.8 Å². The summed E-state index contributed by atoms with van der Waals surface area (Å²) >= 11 is 5.92. The van der Waals surface area contributed by atoms with E-state index in [1.807, 2.05) is 6.92 Å². The van der Waals surface area contributed by atoms with Gasteiger partial charge in [-0.2, -0.15) is 13.2 Å². The van der Waals surface area contributed by atoms with Crippen molar-refractivity contribution >= 4 is 28.9 Å². The van der Waals surface area contributed by atoms with Crippen molar-refractivity contribution in [2.24, 2.45) is 0 Å². The fourth-order valence-electron chi connectivity index (χ4n) is 3.21. The summed E-state index contributed by atoms with van der Waals surface area (Å²) in [7, 11) is 0. The first-order valence-electron chi connectivity index (χ1n) is 10.0. The standard InChI is InChI=1S/C24H25ClF3NO2/c1-4-6-16-11-17(7-8-18(16)14-29-23(31)5-2)22(30)13-21(24(26,27)28)19-9-15(3)10-20(25)12-19/h7-13H,4-6,14H2,1-3H3,(H,29,31)/b21-13-. The van der Waals surface area contributed by atoms with Gasteiger partial charge in [0.2, 0.25) is 5.91 Å².